The Bertz CT molecular complexity index is 2470. The summed E-state index contributed by atoms with van der Waals surface area (Å²) >= 11 is 0. The number of hydrogen-bond donors (Lipinski definition) is 4. The molecular weight excluding hydrogens is 745 g/mol. The average molecular weight is 791 g/mol. The fraction of sp³-hybridized carbons (Fsp3) is 0.283. The van der Waals surface area contributed by atoms with Crippen LogP contribution in [0.5, 0.6) is 5.75 Å². The van der Waals surface area contributed by atoms with Crippen LogP contribution in [0.2, 0.25) is 0 Å². The molecule has 4 atom stereocenters. The summed E-state index contributed by atoms with van der Waals surface area (Å²) in [5.74, 6) is 1.95. The van der Waals surface area contributed by atoms with Crippen molar-refractivity contribution in [3.05, 3.63) is 138 Å². The van der Waals surface area contributed by atoms with E-state index in [2.05, 4.69) is 57.7 Å². The lowest BCUT2D eigenvalue weighted by Crippen LogP contribution is -2.42. The lowest BCUT2D eigenvalue weighted by molar-refractivity contribution is -0.135. The van der Waals surface area contributed by atoms with Crippen molar-refractivity contribution in [2.45, 2.75) is 56.3 Å². The summed E-state index contributed by atoms with van der Waals surface area (Å²) in [6.07, 6.45) is 5.08. The van der Waals surface area contributed by atoms with Crippen LogP contribution in [0.1, 0.15) is 78.3 Å². The van der Waals surface area contributed by atoms with Gasteiger partial charge in [0.05, 0.1) is 43.4 Å². The van der Waals surface area contributed by atoms with Crippen LogP contribution in [0.3, 0.4) is 0 Å². The monoisotopic (exact) mass is 790 g/mol. The summed E-state index contributed by atoms with van der Waals surface area (Å²) in [7, 11) is 1.28. The number of carbonyl (C=O) groups excluding carboxylic acids is 3. The molecule has 13 nitrogen and oxygen atoms in total. The molecule has 59 heavy (non-hydrogen) atoms. The SMILES string of the molecule is COC(=O)N[C@@H](C(=O)N1CCC[C@H]1c1ncc(-c2ccc(-c3ccc4c(c3)OCCc3[nH]c([C@@H]5CCCN5C(=O)[C@H](N)c5ccccc5)nc3-4)cc2)[nH]1)c1ccccc1. The molecule has 4 aromatic carbocycles. The molecule has 0 unspecified atom stereocenters. The maximum atomic E-state index is 13.9. The molecular formula is C46H46N8O5. The van der Waals surface area contributed by atoms with Gasteiger partial charge in [-0.05, 0) is 65.6 Å². The number of nitrogens with one attached hydrogen (secondary N) is 3. The van der Waals surface area contributed by atoms with E-state index < -0.39 is 18.2 Å². The molecule has 13 heteroatoms. The Morgan fingerprint density at radius 1 is 0.797 bits per heavy atom. The number of amides is 3. The topological polar surface area (TPSA) is 172 Å². The minimum absolute atomic E-state index is 0.0892. The van der Waals surface area contributed by atoms with Gasteiger partial charge in [-0.1, -0.05) is 91.0 Å². The van der Waals surface area contributed by atoms with Crippen molar-refractivity contribution in [3.8, 4) is 39.4 Å². The molecule has 0 aliphatic carbocycles. The number of likely N-dealkylation sites (tertiary alicyclic amines) is 2. The van der Waals surface area contributed by atoms with Gasteiger partial charge in [0.1, 0.15) is 29.5 Å². The number of imidazole rings is 2. The van der Waals surface area contributed by atoms with Crippen LogP contribution in [0.15, 0.2) is 109 Å². The number of alkyl carbamates (subject to hydrolysis) is 1. The molecule has 3 aliphatic heterocycles. The summed E-state index contributed by atoms with van der Waals surface area (Å²) in [5, 5.41) is 2.72. The minimum atomic E-state index is -0.881. The van der Waals surface area contributed by atoms with Gasteiger partial charge in [0.25, 0.3) is 5.91 Å². The second-order valence-corrected chi connectivity index (χ2v) is 15.3. The number of H-pyrrole nitrogens is 2. The van der Waals surface area contributed by atoms with Crippen molar-refractivity contribution < 1.29 is 23.9 Å². The molecule has 3 aliphatic rings. The number of hydrogen-bond acceptors (Lipinski definition) is 8. The molecule has 0 bridgehead atoms. The number of rotatable bonds is 9. The normalized spacial score (nSPS) is 18.3. The highest BCUT2D eigenvalue weighted by Crippen LogP contribution is 2.41. The number of ether oxygens (including phenoxy) is 2. The Balaban J connectivity index is 0.905. The highest BCUT2D eigenvalue weighted by Gasteiger charge is 2.38. The van der Waals surface area contributed by atoms with E-state index in [0.717, 1.165) is 82.2 Å². The van der Waals surface area contributed by atoms with E-state index in [1.165, 1.54) is 7.11 Å². The standard InChI is InChI=1S/C46H46N8O5/c1-58-46(57)52-40(31-12-6-3-7-13-31)45(56)54-24-8-14-36(54)42-48-27-35(50-42)29-18-16-28(17-19-29)32-20-21-33-38(26-32)59-25-22-34-41(33)51-43(49-34)37-15-9-23-53(37)44(55)39(47)30-10-4-2-5-11-30/h2-7,10-13,16-21,26-27,36-37,39-40H,8-9,14-15,22-25,47H2,1H3,(H,48,50)(H,49,51)(H,52,57)/t36-,37-,39+,40+/m0/s1. The second-order valence-electron chi connectivity index (χ2n) is 15.3. The third-order valence-electron chi connectivity index (χ3n) is 11.7. The van der Waals surface area contributed by atoms with Gasteiger partial charge in [-0.25, -0.2) is 14.8 Å². The number of carbonyl (C=O) groups is 3. The number of fused-ring (bicyclic) bond motifs is 3. The number of aromatic amines is 2. The van der Waals surface area contributed by atoms with Crippen molar-refractivity contribution in [1.82, 2.24) is 35.1 Å². The van der Waals surface area contributed by atoms with E-state index >= 15 is 0 Å². The quantitative estimate of drug-likeness (QED) is 0.119. The third-order valence-corrected chi connectivity index (χ3v) is 11.7. The molecule has 2 fully saturated rings. The molecule has 9 rings (SSSR count). The molecule has 6 aromatic rings. The molecule has 0 radical (unpaired) electrons. The molecule has 300 valence electrons. The van der Waals surface area contributed by atoms with Gasteiger partial charge in [0, 0.05) is 30.8 Å². The first kappa shape index (κ1) is 37.8. The predicted octanol–water partition coefficient (Wildman–Crippen LogP) is 7.19. The van der Waals surface area contributed by atoms with E-state index in [4.69, 9.17) is 25.2 Å². The van der Waals surface area contributed by atoms with E-state index in [9.17, 15) is 14.4 Å². The van der Waals surface area contributed by atoms with Gasteiger partial charge < -0.3 is 40.3 Å². The Morgan fingerprint density at radius 3 is 2.15 bits per heavy atom. The summed E-state index contributed by atoms with van der Waals surface area (Å²) in [5.41, 5.74) is 14.5. The van der Waals surface area contributed by atoms with Gasteiger partial charge >= 0.3 is 6.09 Å². The fourth-order valence-corrected chi connectivity index (χ4v) is 8.65. The number of aromatic nitrogens is 4. The molecule has 0 spiro atoms. The largest absolute Gasteiger partial charge is 0.492 e. The number of nitrogens with zero attached hydrogens (tertiary/aromatic N) is 4. The van der Waals surface area contributed by atoms with E-state index in [1.54, 1.807) is 11.1 Å². The number of methoxy groups -OCH3 is 1. The Morgan fingerprint density at radius 2 is 1.44 bits per heavy atom. The molecule has 2 aromatic heterocycles. The zero-order valence-electron chi connectivity index (χ0n) is 32.8. The van der Waals surface area contributed by atoms with Gasteiger partial charge in [-0.15, -0.1) is 0 Å². The van der Waals surface area contributed by atoms with Crippen LogP contribution in [0, 0.1) is 0 Å². The van der Waals surface area contributed by atoms with E-state index in [0.29, 0.717) is 37.5 Å². The molecule has 2 saturated heterocycles. The van der Waals surface area contributed by atoms with Crippen LogP contribution in [0.25, 0.3) is 33.6 Å². The van der Waals surface area contributed by atoms with Crippen LogP contribution < -0.4 is 15.8 Å². The summed E-state index contributed by atoms with van der Waals surface area (Å²) < 4.78 is 11.1. The third kappa shape index (κ3) is 7.45. The Hall–Kier alpha value is -6.73. The van der Waals surface area contributed by atoms with Crippen molar-refractivity contribution >= 4 is 17.9 Å². The van der Waals surface area contributed by atoms with Gasteiger partial charge in [0.2, 0.25) is 5.91 Å². The Kier molecular flexibility index (Phi) is 10.4. The maximum absolute atomic E-state index is 13.9. The van der Waals surface area contributed by atoms with Crippen LogP contribution in [-0.4, -0.2) is 74.4 Å². The average Bonchev–Trinajstić information content (AvgIpc) is 4.12. The van der Waals surface area contributed by atoms with Crippen LogP contribution in [0.4, 0.5) is 4.79 Å². The predicted molar refractivity (Wildman–Crippen MR) is 222 cm³/mol. The first-order valence-electron chi connectivity index (χ1n) is 20.2. The zero-order chi connectivity index (χ0) is 40.5. The summed E-state index contributed by atoms with van der Waals surface area (Å²) in [4.78, 5) is 60.3. The van der Waals surface area contributed by atoms with Crippen molar-refractivity contribution in [2.24, 2.45) is 5.73 Å². The smallest absolute Gasteiger partial charge is 0.407 e. The molecule has 5 N–H and O–H groups in total. The van der Waals surface area contributed by atoms with Crippen molar-refractivity contribution in [1.29, 1.82) is 0 Å². The molecule has 3 amide bonds. The lowest BCUT2D eigenvalue weighted by atomic mass is 9.99. The maximum Gasteiger partial charge on any atom is 0.407 e. The number of benzene rings is 4. The lowest BCUT2D eigenvalue weighted by Gasteiger charge is -2.28. The van der Waals surface area contributed by atoms with Gasteiger partial charge in [-0.3, -0.25) is 9.59 Å². The van der Waals surface area contributed by atoms with Crippen molar-refractivity contribution in [2.75, 3.05) is 26.8 Å². The Labute approximate surface area is 342 Å². The summed E-state index contributed by atoms with van der Waals surface area (Å²) in [6, 6.07) is 31.1. The van der Waals surface area contributed by atoms with E-state index in [1.807, 2.05) is 65.6 Å². The van der Waals surface area contributed by atoms with Crippen molar-refractivity contribution in [3.63, 3.8) is 0 Å². The van der Waals surface area contributed by atoms with Gasteiger partial charge in [0.15, 0.2) is 0 Å². The fourth-order valence-electron chi connectivity index (χ4n) is 8.65. The first-order chi connectivity index (χ1) is 28.9. The van der Waals surface area contributed by atoms with E-state index in [-0.39, 0.29) is 23.9 Å². The number of nitrogens with two attached hydrogens (primary N) is 1. The zero-order valence-corrected chi connectivity index (χ0v) is 32.8. The van der Waals surface area contributed by atoms with Gasteiger partial charge in [-0.2, -0.15) is 0 Å². The minimum Gasteiger partial charge on any atom is -0.492 e. The molecule has 0 saturated carbocycles. The van der Waals surface area contributed by atoms with Crippen LogP contribution in [-0.2, 0) is 20.7 Å². The highest BCUT2D eigenvalue weighted by molar-refractivity contribution is 5.87. The highest BCUT2D eigenvalue weighted by atomic mass is 16.5. The molecule has 5 heterocycles. The first-order valence-corrected chi connectivity index (χ1v) is 20.2. The summed E-state index contributed by atoms with van der Waals surface area (Å²) in [6.45, 7) is 1.70. The van der Waals surface area contributed by atoms with Crippen LogP contribution >= 0.6 is 0 Å². The second kappa shape index (κ2) is 16.3.